The van der Waals surface area contributed by atoms with Crippen molar-refractivity contribution >= 4 is 0 Å². The zero-order chi connectivity index (χ0) is 46.6. The summed E-state index contributed by atoms with van der Waals surface area (Å²) in [5, 5.41) is 0. The highest BCUT2D eigenvalue weighted by molar-refractivity contribution is 5.24. The number of rotatable bonds is 4. The normalized spacial score (nSPS) is 35.4. The molecule has 374 valence electrons. The summed E-state index contributed by atoms with van der Waals surface area (Å²) in [5.74, 6) is 0. The first-order valence-electron chi connectivity index (χ1n) is 27.7. The van der Waals surface area contributed by atoms with Gasteiger partial charge in [-0.3, -0.25) is 0 Å². The van der Waals surface area contributed by atoms with E-state index >= 15 is 0 Å². The number of likely N-dealkylation sites (tertiary alicyclic amines) is 4. The summed E-state index contributed by atoms with van der Waals surface area (Å²) < 4.78 is 11.4. The van der Waals surface area contributed by atoms with Crippen molar-refractivity contribution in [2.24, 2.45) is 55.4 Å². The van der Waals surface area contributed by atoms with E-state index in [1.165, 1.54) is 168 Å². The summed E-state index contributed by atoms with van der Waals surface area (Å²) in [6.45, 7) is 33.2. The van der Waals surface area contributed by atoms with Crippen molar-refractivity contribution in [2.45, 2.75) is 232 Å². The van der Waals surface area contributed by atoms with Crippen LogP contribution in [0.25, 0.3) is 0 Å². The number of piperidine rings is 4. The van der Waals surface area contributed by atoms with Crippen LogP contribution in [0.15, 0.2) is 11.6 Å². The number of nitrogens with zero attached hydrogens (tertiary/aromatic N) is 4. The van der Waals surface area contributed by atoms with Gasteiger partial charge in [-0.15, -0.1) is 0 Å². The van der Waals surface area contributed by atoms with E-state index in [-0.39, 0.29) is 5.60 Å². The standard InChI is InChI=1S/C14H26N2O.2C14H26N2.C13H24N2O/c1-11(2)16-7-5-13(6-8-16)3-4-14(12(13)15)9-17-10-14;1-11(2)16-9-7-14(8-10-16)6-5-13(3-4-13)12(14)15;1-4-12-5-6-13(15)14(12)7-9-16(10-8-14)11(2)3;1-10(2)15-7-5-12(6-8-15)9-16-13(3-4-13)11(12)14/h11-12H,3-10,15H2,1-2H3;11-12H,3-10,15H2,1-2H3;4,11,13H,5-10,15H2,1-3H3;10-11H,3-9,14H2,1-2H3/b;;12-4+;/t2*12-;13-;11-/m0110/s1. The third-order valence-corrected chi connectivity index (χ3v) is 21.6. The number of hydrogen-bond acceptors (Lipinski definition) is 10. The Labute approximate surface area is 398 Å². The van der Waals surface area contributed by atoms with Crippen molar-refractivity contribution in [2.75, 3.05) is 72.2 Å². The van der Waals surface area contributed by atoms with Gasteiger partial charge in [-0.25, -0.2) is 0 Å². The highest BCUT2D eigenvalue weighted by atomic mass is 16.5. The molecule has 0 aromatic heterocycles. The third-order valence-electron chi connectivity index (χ3n) is 21.6. The van der Waals surface area contributed by atoms with Crippen LogP contribution in [-0.2, 0) is 9.47 Å². The van der Waals surface area contributed by atoms with E-state index < -0.39 is 0 Å². The first-order valence-corrected chi connectivity index (χ1v) is 27.7. The van der Waals surface area contributed by atoms with Gasteiger partial charge in [0.05, 0.1) is 25.4 Å². The van der Waals surface area contributed by atoms with Crippen LogP contribution >= 0.6 is 0 Å². The van der Waals surface area contributed by atoms with Gasteiger partial charge in [0.2, 0.25) is 0 Å². The largest absolute Gasteiger partial charge is 0.380 e. The van der Waals surface area contributed by atoms with E-state index in [1.54, 1.807) is 5.57 Å². The second-order valence-corrected chi connectivity index (χ2v) is 25.7. The van der Waals surface area contributed by atoms with E-state index in [0.29, 0.717) is 80.8 Å². The molecule has 65 heavy (non-hydrogen) atoms. The molecule has 8 N–H and O–H groups in total. The molecule has 0 radical (unpaired) electrons. The zero-order valence-electron chi connectivity index (χ0n) is 43.6. The number of hydrogen-bond donors (Lipinski definition) is 4. The molecular weight excluding hydrogens is 805 g/mol. The lowest BCUT2D eigenvalue weighted by atomic mass is 9.68. The summed E-state index contributed by atoms with van der Waals surface area (Å²) in [6, 6.07) is 4.38. The lowest BCUT2D eigenvalue weighted by Crippen LogP contribution is -2.59. The molecule has 0 aromatic carbocycles. The van der Waals surface area contributed by atoms with E-state index in [9.17, 15) is 0 Å². The summed E-state index contributed by atoms with van der Waals surface area (Å²) in [6.07, 6.45) is 25.8. The van der Waals surface area contributed by atoms with Crippen LogP contribution < -0.4 is 22.9 Å². The predicted octanol–water partition coefficient (Wildman–Crippen LogP) is 7.90. The minimum Gasteiger partial charge on any atom is -0.380 e. The molecule has 0 unspecified atom stereocenters. The van der Waals surface area contributed by atoms with Crippen LogP contribution in [0.3, 0.4) is 0 Å². The van der Waals surface area contributed by atoms with Gasteiger partial charge in [0.1, 0.15) is 0 Å². The number of allylic oxidation sites excluding steroid dienone is 1. The van der Waals surface area contributed by atoms with Gasteiger partial charge < -0.3 is 52.0 Å². The van der Waals surface area contributed by atoms with Crippen molar-refractivity contribution < 1.29 is 9.47 Å². The van der Waals surface area contributed by atoms with Crippen LogP contribution in [-0.4, -0.2) is 146 Å². The molecule has 5 saturated carbocycles. The smallest absolute Gasteiger partial charge is 0.0841 e. The summed E-state index contributed by atoms with van der Waals surface area (Å²) in [4.78, 5) is 10.4. The second-order valence-electron chi connectivity index (χ2n) is 25.7. The first kappa shape index (κ1) is 50.7. The van der Waals surface area contributed by atoms with Crippen LogP contribution in [0, 0.1) is 32.5 Å². The van der Waals surface area contributed by atoms with Crippen LogP contribution in [0.4, 0.5) is 0 Å². The summed E-state index contributed by atoms with van der Waals surface area (Å²) >= 11 is 0. The Morgan fingerprint density at radius 2 is 0.800 bits per heavy atom. The fraction of sp³-hybridized carbons (Fsp3) is 0.964. The average Bonchev–Trinajstić information content (AvgIpc) is 4.18. The first-order chi connectivity index (χ1) is 30.8. The number of nitrogens with two attached hydrogens (primary N) is 4. The van der Waals surface area contributed by atoms with E-state index in [1.807, 2.05) is 0 Å². The van der Waals surface area contributed by atoms with Gasteiger partial charge in [0, 0.05) is 64.6 Å². The fourth-order valence-electron chi connectivity index (χ4n) is 15.6. The molecule has 11 aliphatic rings. The summed E-state index contributed by atoms with van der Waals surface area (Å²) in [5.41, 5.74) is 30.4. The Morgan fingerprint density at radius 3 is 1.12 bits per heavy atom. The predicted molar refractivity (Wildman–Crippen MR) is 270 cm³/mol. The minimum atomic E-state index is 0.111. The molecule has 5 aliphatic carbocycles. The molecule has 7 spiro atoms. The van der Waals surface area contributed by atoms with Crippen LogP contribution in [0.1, 0.15) is 178 Å². The topological polar surface area (TPSA) is 136 Å². The van der Waals surface area contributed by atoms with Gasteiger partial charge in [0.15, 0.2) is 0 Å². The van der Waals surface area contributed by atoms with Crippen molar-refractivity contribution in [3.05, 3.63) is 11.6 Å². The maximum absolute atomic E-state index is 6.61. The van der Waals surface area contributed by atoms with Crippen molar-refractivity contribution in [1.29, 1.82) is 0 Å². The lowest BCUT2D eigenvalue weighted by molar-refractivity contribution is -0.127. The molecule has 0 aromatic rings. The van der Waals surface area contributed by atoms with Gasteiger partial charge >= 0.3 is 0 Å². The molecule has 11 fully saturated rings. The quantitative estimate of drug-likeness (QED) is 0.206. The zero-order valence-corrected chi connectivity index (χ0v) is 43.6. The summed E-state index contributed by atoms with van der Waals surface area (Å²) in [7, 11) is 0. The molecular formula is C55H102N8O2. The Morgan fingerprint density at radius 1 is 0.446 bits per heavy atom. The van der Waals surface area contributed by atoms with Crippen molar-refractivity contribution in [3.63, 3.8) is 0 Å². The molecule has 10 nitrogen and oxygen atoms in total. The van der Waals surface area contributed by atoms with Gasteiger partial charge in [-0.2, -0.15) is 0 Å². The molecule has 6 aliphatic heterocycles. The molecule has 11 rings (SSSR count). The number of ether oxygens (including phenoxy) is 2. The van der Waals surface area contributed by atoms with Crippen LogP contribution in [0.5, 0.6) is 0 Å². The molecule has 6 heterocycles. The van der Waals surface area contributed by atoms with E-state index in [2.05, 4.69) is 88.0 Å². The highest BCUT2D eigenvalue weighted by Gasteiger charge is 2.64. The maximum atomic E-state index is 6.61. The Hall–Kier alpha value is -0.660. The lowest BCUT2D eigenvalue weighted by Gasteiger charge is -2.49. The van der Waals surface area contributed by atoms with E-state index in [0.717, 1.165) is 19.8 Å². The van der Waals surface area contributed by atoms with Gasteiger partial charge in [-0.1, -0.05) is 11.6 Å². The fourth-order valence-corrected chi connectivity index (χ4v) is 15.6. The minimum absolute atomic E-state index is 0.111. The highest BCUT2D eigenvalue weighted by Crippen LogP contribution is 2.65. The monoisotopic (exact) mass is 907 g/mol. The Kier molecular flexibility index (Phi) is 15.2. The Balaban J connectivity index is 0.000000118. The van der Waals surface area contributed by atoms with Gasteiger partial charge in [0.25, 0.3) is 0 Å². The van der Waals surface area contributed by atoms with Gasteiger partial charge in [-0.05, 0) is 246 Å². The molecule has 10 heteroatoms. The SMILES string of the molecule is C/C=C1\CC[C@@H](N)C12CCN(C(C)C)CC2.CC(C)N1CCC2(CC1)CCC1(CC1)[C@H]2N.CC(C)N1CCC2(CC1)CCC1(COC1)[C@H]2N.CC(C)N1CCC2(CC1)COC1(CC1)[C@H]2N. The molecule has 0 amide bonds. The van der Waals surface area contributed by atoms with E-state index in [4.69, 9.17) is 32.4 Å². The second kappa shape index (κ2) is 19.5. The molecule has 0 bridgehead atoms. The van der Waals surface area contributed by atoms with Crippen LogP contribution in [0.2, 0.25) is 0 Å². The maximum Gasteiger partial charge on any atom is 0.0841 e. The van der Waals surface area contributed by atoms with Crippen molar-refractivity contribution in [3.8, 4) is 0 Å². The Bertz CT molecular complexity index is 1530. The molecule has 6 saturated heterocycles. The third kappa shape index (κ3) is 9.63. The molecule has 4 atom stereocenters. The van der Waals surface area contributed by atoms with Crippen molar-refractivity contribution in [1.82, 2.24) is 19.6 Å². The average molecular weight is 907 g/mol.